The van der Waals surface area contributed by atoms with E-state index in [9.17, 15) is 0 Å². The fraction of sp³-hybridized carbons (Fsp3) is 0.529. The molecule has 2 aliphatic heterocycles. The van der Waals surface area contributed by atoms with Crippen LogP contribution in [0.5, 0.6) is 11.5 Å². The van der Waals surface area contributed by atoms with Gasteiger partial charge < -0.3 is 14.0 Å². The average Bonchev–Trinajstić information content (AvgIpc) is 3.00. The molecule has 0 amide bonds. The average molecular weight is 313 g/mol. The van der Waals surface area contributed by atoms with Gasteiger partial charge in [0.25, 0.3) is 0 Å². The van der Waals surface area contributed by atoms with Crippen LogP contribution in [0.15, 0.2) is 22.7 Å². The van der Waals surface area contributed by atoms with E-state index in [0.29, 0.717) is 18.8 Å². The van der Waals surface area contributed by atoms with E-state index in [1.165, 1.54) is 24.8 Å². The Labute approximate surface area is 134 Å². The summed E-state index contributed by atoms with van der Waals surface area (Å²) < 4.78 is 16.3. The minimum absolute atomic E-state index is 0.319. The predicted octanol–water partition coefficient (Wildman–Crippen LogP) is 3.01. The van der Waals surface area contributed by atoms with Crippen LogP contribution in [-0.4, -0.2) is 28.4 Å². The molecule has 0 unspecified atom stereocenters. The van der Waals surface area contributed by atoms with Gasteiger partial charge in [-0.2, -0.15) is 4.98 Å². The molecule has 3 aliphatic rings. The summed E-state index contributed by atoms with van der Waals surface area (Å²) in [5, 5.41) is 4.15. The van der Waals surface area contributed by atoms with Crippen LogP contribution < -0.4 is 9.47 Å². The molecule has 1 aromatic carbocycles. The van der Waals surface area contributed by atoms with Crippen molar-refractivity contribution in [3.63, 3.8) is 0 Å². The van der Waals surface area contributed by atoms with Gasteiger partial charge in [-0.05, 0) is 49.9 Å². The molecule has 1 aliphatic carbocycles. The van der Waals surface area contributed by atoms with Gasteiger partial charge in [0.1, 0.15) is 0 Å². The second-order valence-corrected chi connectivity index (χ2v) is 6.56. The molecular formula is C17H19N3O3. The molecule has 120 valence electrons. The second kappa shape index (κ2) is 5.23. The van der Waals surface area contributed by atoms with Crippen molar-refractivity contribution in [2.75, 3.05) is 13.3 Å². The summed E-state index contributed by atoms with van der Waals surface area (Å²) in [6, 6.07) is 6.64. The molecule has 0 N–H and O–H groups in total. The van der Waals surface area contributed by atoms with Gasteiger partial charge in [0.15, 0.2) is 17.3 Å². The molecule has 6 nitrogen and oxygen atoms in total. The van der Waals surface area contributed by atoms with Gasteiger partial charge in [0, 0.05) is 12.0 Å². The first-order valence-corrected chi connectivity index (χ1v) is 8.33. The maximum Gasteiger partial charge on any atom is 0.231 e. The van der Waals surface area contributed by atoms with Crippen molar-refractivity contribution in [2.45, 2.75) is 44.2 Å². The Morgan fingerprint density at radius 1 is 1.13 bits per heavy atom. The maximum atomic E-state index is 5.51. The predicted molar refractivity (Wildman–Crippen MR) is 81.2 cm³/mol. The number of hydrogen-bond donors (Lipinski definition) is 0. The Bertz CT molecular complexity index is 726. The third-order valence-electron chi connectivity index (χ3n) is 4.90. The monoisotopic (exact) mass is 313 g/mol. The summed E-state index contributed by atoms with van der Waals surface area (Å²) in [6.07, 6.45) is 4.70. The molecular weight excluding hydrogens is 294 g/mol. The third-order valence-corrected chi connectivity index (χ3v) is 4.90. The lowest BCUT2D eigenvalue weighted by atomic mass is 10.0. The smallest absolute Gasteiger partial charge is 0.231 e. The topological polar surface area (TPSA) is 60.6 Å². The van der Waals surface area contributed by atoms with Gasteiger partial charge in [-0.15, -0.1) is 0 Å². The zero-order valence-corrected chi connectivity index (χ0v) is 12.9. The number of rotatable bonds is 4. The van der Waals surface area contributed by atoms with Gasteiger partial charge in [-0.25, -0.2) is 0 Å². The first-order chi connectivity index (χ1) is 11.4. The van der Waals surface area contributed by atoms with E-state index in [0.717, 1.165) is 42.7 Å². The van der Waals surface area contributed by atoms with Crippen molar-refractivity contribution in [1.82, 2.24) is 15.0 Å². The highest BCUT2D eigenvalue weighted by atomic mass is 16.7. The Hall–Kier alpha value is -2.08. The summed E-state index contributed by atoms with van der Waals surface area (Å²) in [5.41, 5.74) is 1.28. The lowest BCUT2D eigenvalue weighted by molar-refractivity contribution is 0.173. The molecule has 0 spiro atoms. The highest BCUT2D eigenvalue weighted by Crippen LogP contribution is 2.40. The summed E-state index contributed by atoms with van der Waals surface area (Å²) in [5.74, 6) is 3.83. The number of aromatic nitrogens is 2. The highest BCUT2D eigenvalue weighted by molar-refractivity contribution is 5.45. The van der Waals surface area contributed by atoms with Crippen LogP contribution in [-0.2, 0) is 6.54 Å². The van der Waals surface area contributed by atoms with E-state index in [2.05, 4.69) is 27.2 Å². The molecule has 5 rings (SSSR count). The molecule has 1 saturated carbocycles. The largest absolute Gasteiger partial charge is 0.454 e. The third kappa shape index (κ3) is 2.47. The Morgan fingerprint density at radius 3 is 2.96 bits per heavy atom. The van der Waals surface area contributed by atoms with Crippen LogP contribution in [0.2, 0.25) is 0 Å². The van der Waals surface area contributed by atoms with Gasteiger partial charge >= 0.3 is 0 Å². The lowest BCUT2D eigenvalue weighted by Crippen LogP contribution is -2.23. The van der Waals surface area contributed by atoms with E-state index in [1.807, 2.05) is 6.07 Å². The van der Waals surface area contributed by atoms with Gasteiger partial charge in [-0.3, -0.25) is 4.90 Å². The van der Waals surface area contributed by atoms with Gasteiger partial charge in [-0.1, -0.05) is 11.2 Å². The van der Waals surface area contributed by atoms with Crippen LogP contribution >= 0.6 is 0 Å². The van der Waals surface area contributed by atoms with Crippen LogP contribution in [0, 0.1) is 0 Å². The number of fused-ring (bicyclic) bond motifs is 1. The molecule has 3 heterocycles. The van der Waals surface area contributed by atoms with Crippen molar-refractivity contribution in [1.29, 1.82) is 0 Å². The fourth-order valence-electron chi connectivity index (χ4n) is 3.52. The Kier molecular flexibility index (Phi) is 3.04. The number of hydrogen-bond acceptors (Lipinski definition) is 6. The Balaban J connectivity index is 1.35. The van der Waals surface area contributed by atoms with Crippen molar-refractivity contribution in [2.24, 2.45) is 0 Å². The van der Waals surface area contributed by atoms with Gasteiger partial charge in [0.2, 0.25) is 12.7 Å². The molecule has 1 aromatic heterocycles. The summed E-state index contributed by atoms with van der Waals surface area (Å²) in [6.45, 7) is 2.13. The van der Waals surface area contributed by atoms with E-state index in [4.69, 9.17) is 14.0 Å². The number of benzene rings is 1. The summed E-state index contributed by atoms with van der Waals surface area (Å²) in [4.78, 5) is 6.99. The molecule has 1 saturated heterocycles. The van der Waals surface area contributed by atoms with Crippen molar-refractivity contribution in [3.8, 4) is 11.5 Å². The van der Waals surface area contributed by atoms with Crippen LogP contribution in [0.4, 0.5) is 0 Å². The van der Waals surface area contributed by atoms with Gasteiger partial charge in [0.05, 0.1) is 6.54 Å². The first-order valence-electron chi connectivity index (χ1n) is 8.33. The maximum absolute atomic E-state index is 5.51. The molecule has 0 bridgehead atoms. The minimum atomic E-state index is 0.319. The normalized spacial score (nSPS) is 23.6. The molecule has 2 aromatic rings. The highest BCUT2D eigenvalue weighted by Gasteiger charge is 2.32. The van der Waals surface area contributed by atoms with Crippen molar-refractivity contribution >= 4 is 0 Å². The molecule has 1 atom stereocenters. The number of ether oxygens (including phenoxy) is 2. The minimum Gasteiger partial charge on any atom is -0.454 e. The number of nitrogens with zero attached hydrogens (tertiary/aromatic N) is 3. The summed E-state index contributed by atoms with van der Waals surface area (Å²) >= 11 is 0. The van der Waals surface area contributed by atoms with Crippen LogP contribution in [0.25, 0.3) is 0 Å². The molecule has 6 heteroatoms. The van der Waals surface area contributed by atoms with Crippen molar-refractivity contribution < 1.29 is 14.0 Å². The number of likely N-dealkylation sites (tertiary alicyclic amines) is 1. The van der Waals surface area contributed by atoms with Crippen LogP contribution in [0.3, 0.4) is 0 Å². The summed E-state index contributed by atoms with van der Waals surface area (Å²) in [7, 11) is 0. The fourth-order valence-corrected chi connectivity index (χ4v) is 3.52. The van der Waals surface area contributed by atoms with E-state index in [1.54, 1.807) is 0 Å². The standard InChI is InChI=1S/C17H19N3O3/c1-2-13(12-5-6-14-15(8-12)22-10-21-14)20(7-1)9-16-18-17(23-19-16)11-3-4-11/h5-6,8,11,13H,1-4,7,9-10H2/t13-/m0/s1. The van der Waals surface area contributed by atoms with Crippen LogP contribution in [0.1, 0.15) is 54.9 Å². The Morgan fingerprint density at radius 2 is 2.04 bits per heavy atom. The zero-order valence-electron chi connectivity index (χ0n) is 12.9. The van der Waals surface area contributed by atoms with E-state index < -0.39 is 0 Å². The molecule has 2 fully saturated rings. The lowest BCUT2D eigenvalue weighted by Gasteiger charge is -2.23. The molecule has 0 radical (unpaired) electrons. The second-order valence-electron chi connectivity index (χ2n) is 6.56. The molecule has 23 heavy (non-hydrogen) atoms. The quantitative estimate of drug-likeness (QED) is 0.864. The SMILES string of the molecule is c1cc2c(cc1[C@@H]1CCCN1Cc1noc(C3CC3)n1)OCO2. The van der Waals surface area contributed by atoms with Crippen molar-refractivity contribution in [3.05, 3.63) is 35.5 Å². The first kappa shape index (κ1) is 13.4. The zero-order chi connectivity index (χ0) is 15.2. The van der Waals surface area contributed by atoms with E-state index in [-0.39, 0.29) is 0 Å². The van der Waals surface area contributed by atoms with E-state index >= 15 is 0 Å².